The van der Waals surface area contributed by atoms with Gasteiger partial charge in [-0.2, -0.15) is 4.79 Å². The first kappa shape index (κ1) is 38.5. The molecule has 0 spiro atoms. The molecule has 2 N–H and O–H groups in total. The van der Waals surface area contributed by atoms with Crippen LogP contribution in [0.5, 0.6) is 0 Å². The van der Waals surface area contributed by atoms with Gasteiger partial charge < -0.3 is 10.2 Å². The number of amides is 5. The highest BCUT2D eigenvalue weighted by molar-refractivity contribution is 7.15. The predicted molar refractivity (Wildman–Crippen MR) is 213 cm³/mol. The van der Waals surface area contributed by atoms with Crippen molar-refractivity contribution in [3.05, 3.63) is 97.7 Å². The monoisotopic (exact) mass is 773 g/mol. The van der Waals surface area contributed by atoms with Gasteiger partial charge in [-0.25, -0.2) is 0 Å². The van der Waals surface area contributed by atoms with Crippen LogP contribution in [0.15, 0.2) is 53.5 Å². The van der Waals surface area contributed by atoms with Crippen LogP contribution in [0.25, 0.3) is 9.85 Å². The molecule has 3 aliphatic rings. The number of aliphatic imine (C=N–C) groups is 1. The maximum absolute atomic E-state index is 13.4. The van der Waals surface area contributed by atoms with Crippen molar-refractivity contribution in [2.75, 3.05) is 18.0 Å². The second-order valence-electron chi connectivity index (χ2n) is 14.7. The Hall–Kier alpha value is -5.81. The molecule has 3 aliphatic heterocycles. The van der Waals surface area contributed by atoms with Crippen molar-refractivity contribution in [2.45, 2.75) is 91.0 Å². The van der Waals surface area contributed by atoms with Gasteiger partial charge in [0.1, 0.15) is 22.8 Å². The van der Waals surface area contributed by atoms with Crippen LogP contribution in [0, 0.1) is 39.7 Å². The quantitative estimate of drug-likeness (QED) is 0.149. The zero-order chi connectivity index (χ0) is 39.5. The molecule has 2 aromatic heterocycles. The van der Waals surface area contributed by atoms with Gasteiger partial charge in [-0.3, -0.25) is 34.1 Å². The van der Waals surface area contributed by atoms with Crippen molar-refractivity contribution in [3.63, 3.8) is 0 Å². The van der Waals surface area contributed by atoms with E-state index in [1.807, 2.05) is 31.2 Å². The number of carbonyl (C=O) groups excluding carboxylic acids is 5. The standard InChI is InChI=1S/C42H44N8O5S/c1-24-13-15-28(16-14-24)38-37-25(2)26(3)56-42(37)50-27(4)47-48-39(50)32(45-38)22-35(52)43-20-9-5-6-12-36(53)49-21-19-31(30-10-7-8-11-33(30)49)41(55)44-23-29-17-18-34(51)46-40(29)54/h7-8,10-11,13-16,29,31-32H,5-6,9,12,17-22H2,1-4H3,(H-,43,46,51,52,54)/p+1/t29?,31-,32-/m0/s1. The average Bonchev–Trinajstić information content (AvgIpc) is 3.66. The fraction of sp³-hybridized carbons (Fsp3) is 0.405. The smallest absolute Gasteiger partial charge is 0.356 e. The zero-order valence-corrected chi connectivity index (χ0v) is 32.9. The van der Waals surface area contributed by atoms with Crippen molar-refractivity contribution >= 4 is 52.3 Å². The number of imide groups is 1. The highest BCUT2D eigenvalue weighted by atomic mass is 32.1. The summed E-state index contributed by atoms with van der Waals surface area (Å²) in [6.07, 6.45) is 3.41. The highest BCUT2D eigenvalue weighted by Gasteiger charge is 2.39. The van der Waals surface area contributed by atoms with Crippen LogP contribution in [-0.2, 0) is 24.0 Å². The van der Waals surface area contributed by atoms with E-state index in [4.69, 9.17) is 4.99 Å². The minimum absolute atomic E-state index is 0.0278. The second kappa shape index (κ2) is 16.5. The average molecular weight is 774 g/mol. The van der Waals surface area contributed by atoms with Crippen LogP contribution >= 0.6 is 11.3 Å². The number of nitrogens with one attached hydrogen (secondary N) is 2. The van der Waals surface area contributed by atoms with Gasteiger partial charge >= 0.3 is 5.91 Å². The summed E-state index contributed by atoms with van der Waals surface area (Å²) in [5.74, 6) is -1.32. The molecule has 5 heterocycles. The van der Waals surface area contributed by atoms with Gasteiger partial charge in [0.15, 0.2) is 11.7 Å². The molecule has 288 valence electrons. The molecule has 2 aromatic carbocycles. The van der Waals surface area contributed by atoms with E-state index in [9.17, 15) is 24.0 Å². The molecule has 0 aliphatic carbocycles. The third kappa shape index (κ3) is 7.95. The Morgan fingerprint density at radius 2 is 1.77 bits per heavy atom. The number of aryl methyl sites for hydroxylation is 3. The maximum atomic E-state index is 13.4. The van der Waals surface area contributed by atoms with E-state index < -0.39 is 29.7 Å². The minimum atomic E-state index is -0.744. The Bertz CT molecular complexity index is 2310. The van der Waals surface area contributed by atoms with Gasteiger partial charge in [-0.15, -0.1) is 21.5 Å². The Labute approximate surface area is 329 Å². The van der Waals surface area contributed by atoms with Crippen molar-refractivity contribution < 1.29 is 24.0 Å². The molecule has 7 rings (SSSR count). The zero-order valence-electron chi connectivity index (χ0n) is 32.1. The third-order valence-corrected chi connectivity index (χ3v) is 11.9. The van der Waals surface area contributed by atoms with E-state index in [-0.39, 0.29) is 37.0 Å². The number of thiophene rings is 1. The summed E-state index contributed by atoms with van der Waals surface area (Å²) in [6, 6.07) is 17.8. The highest BCUT2D eigenvalue weighted by Crippen LogP contribution is 2.40. The Balaban J connectivity index is 0.929. The lowest BCUT2D eigenvalue weighted by molar-refractivity contribution is -0.135. The van der Waals surface area contributed by atoms with Gasteiger partial charge in [-0.05, 0) is 70.6 Å². The van der Waals surface area contributed by atoms with Gasteiger partial charge in [-0.1, -0.05) is 54.4 Å². The summed E-state index contributed by atoms with van der Waals surface area (Å²) in [5, 5.41) is 15.2. The van der Waals surface area contributed by atoms with E-state index in [1.54, 1.807) is 16.2 Å². The van der Waals surface area contributed by atoms with Crippen LogP contribution in [0.2, 0.25) is 0 Å². The Morgan fingerprint density at radius 1 is 0.982 bits per heavy atom. The summed E-state index contributed by atoms with van der Waals surface area (Å²) in [5.41, 5.74) is 6.60. The van der Waals surface area contributed by atoms with Crippen LogP contribution < -0.4 is 15.5 Å². The first-order valence-corrected chi connectivity index (χ1v) is 20.0. The van der Waals surface area contributed by atoms with E-state index in [0.29, 0.717) is 55.8 Å². The Kier molecular flexibility index (Phi) is 11.3. The Morgan fingerprint density at radius 3 is 2.55 bits per heavy atom. The van der Waals surface area contributed by atoms with Gasteiger partial charge in [0.25, 0.3) is 6.07 Å². The van der Waals surface area contributed by atoms with Crippen LogP contribution in [-0.4, -0.2) is 63.1 Å². The third-order valence-electron chi connectivity index (χ3n) is 10.7. The normalized spacial score (nSPS) is 18.7. The fourth-order valence-corrected chi connectivity index (χ4v) is 8.75. The lowest BCUT2D eigenvalue weighted by Crippen LogP contribution is -2.40. The molecule has 5 amide bonds. The summed E-state index contributed by atoms with van der Waals surface area (Å²) in [7, 11) is 0. The number of carbonyl (C=O) groups is 5. The summed E-state index contributed by atoms with van der Waals surface area (Å²) >= 11 is 1.69. The number of rotatable bonds is 10. The number of hydrogen-bond donors (Lipinski definition) is 2. The van der Waals surface area contributed by atoms with Crippen molar-refractivity contribution in [2.24, 2.45) is 10.9 Å². The van der Waals surface area contributed by atoms with Gasteiger partial charge in [0, 0.05) is 52.5 Å². The topological polar surface area (TPSA) is 160 Å². The number of nitrogens with zero attached hydrogens (tertiary/aromatic N) is 6. The van der Waals surface area contributed by atoms with E-state index in [2.05, 4.69) is 81.3 Å². The van der Waals surface area contributed by atoms with Crippen LogP contribution in [0.3, 0.4) is 0 Å². The molecule has 3 atom stereocenters. The molecule has 0 radical (unpaired) electrons. The number of fused-ring (bicyclic) bond motifs is 4. The summed E-state index contributed by atoms with van der Waals surface area (Å²) in [4.78, 5) is 75.6. The number of aromatic nitrogens is 3. The molecular weight excluding hydrogens is 729 g/mol. The molecule has 1 saturated heterocycles. The molecule has 13 nitrogen and oxygen atoms in total. The number of unbranched alkanes of at least 4 members (excludes halogenated alkanes) is 2. The van der Waals surface area contributed by atoms with Crippen LogP contribution in [0.4, 0.5) is 5.69 Å². The predicted octanol–water partition coefficient (Wildman–Crippen LogP) is 5.95. The summed E-state index contributed by atoms with van der Waals surface area (Å²) in [6.45, 7) is 9.04. The first-order chi connectivity index (χ1) is 27.0. The second-order valence-corrected chi connectivity index (χ2v) is 15.9. The fourth-order valence-electron chi connectivity index (χ4n) is 7.54. The van der Waals surface area contributed by atoms with Crippen molar-refractivity contribution in [1.29, 1.82) is 0 Å². The molecule has 1 fully saturated rings. The molecular formula is C42H45N8O5S+. The number of anilines is 1. The van der Waals surface area contributed by atoms with Gasteiger partial charge in [0.05, 0.1) is 12.1 Å². The molecule has 56 heavy (non-hydrogen) atoms. The number of piperidine rings is 1. The maximum Gasteiger partial charge on any atom is 0.522 e. The molecule has 4 aromatic rings. The number of hydrogen-bond acceptors (Lipinski definition) is 9. The van der Waals surface area contributed by atoms with Crippen molar-refractivity contribution in [1.82, 2.24) is 25.4 Å². The number of para-hydroxylation sites is 1. The van der Waals surface area contributed by atoms with E-state index in [1.165, 1.54) is 4.88 Å². The molecule has 0 bridgehead atoms. The lowest BCUT2D eigenvalue weighted by atomic mass is 9.89. The molecule has 14 heteroatoms. The largest absolute Gasteiger partial charge is 0.522 e. The molecule has 0 saturated carbocycles. The van der Waals surface area contributed by atoms with Crippen LogP contribution in [0.1, 0.15) is 108 Å². The van der Waals surface area contributed by atoms with E-state index in [0.717, 1.165) is 45.2 Å². The number of benzene rings is 2. The minimum Gasteiger partial charge on any atom is -0.356 e. The van der Waals surface area contributed by atoms with E-state index >= 15 is 0 Å². The molecule has 1 unspecified atom stereocenters. The first-order valence-electron chi connectivity index (χ1n) is 19.2. The van der Waals surface area contributed by atoms with Gasteiger partial charge in [0.2, 0.25) is 23.6 Å². The van der Waals surface area contributed by atoms with Crippen molar-refractivity contribution in [3.8, 4) is 11.1 Å². The summed E-state index contributed by atoms with van der Waals surface area (Å²) < 4.78 is 2.05. The SMILES string of the molecule is Cc1ccc(C2=N[C@@H](CC(=O)NCCCCCC(=O)N3CC[C@H](C(=O)[N+]#CC4CCC(=O)NC4=O)c4ccccc43)c3nnc(C)n3-c3sc(C)c(C)c32)cc1. The lowest BCUT2D eigenvalue weighted by Gasteiger charge is -2.31.